The fourth-order valence-corrected chi connectivity index (χ4v) is 0.340. The number of rotatable bonds is 0. The molecule has 0 bridgehead atoms. The molecule has 0 atom stereocenters. The van der Waals surface area contributed by atoms with Gasteiger partial charge in [0, 0.05) is 0 Å². The van der Waals surface area contributed by atoms with Gasteiger partial charge in [0.2, 0.25) is 0 Å². The third kappa shape index (κ3) is 11.7. The monoisotopic (exact) mass is 159 g/mol. The van der Waals surface area contributed by atoms with E-state index in [9.17, 15) is 0 Å². The van der Waals surface area contributed by atoms with Crippen molar-refractivity contribution in [1.29, 1.82) is 0 Å². The molecule has 0 nitrogen and oxygen atoms in total. The topological polar surface area (TPSA) is 0 Å². The minimum absolute atomic E-state index is 0. The molecular weight excluding hydrogens is 144 g/mol. The average molecular weight is 159 g/mol. The van der Waals surface area contributed by atoms with Gasteiger partial charge in [-0.05, 0) is 0 Å². The van der Waals surface area contributed by atoms with Crippen LogP contribution in [0.1, 0.15) is 7.85 Å². The summed E-state index contributed by atoms with van der Waals surface area (Å²) in [6.45, 7) is 0. The molecule has 1 aliphatic rings. The van der Waals surface area contributed by atoms with Crippen LogP contribution in [0.5, 0.6) is 0 Å². The second-order valence-electron chi connectivity index (χ2n) is 1.00. The first-order valence-corrected chi connectivity index (χ1v) is 1.72. The fourth-order valence-electron chi connectivity index (χ4n) is 0.340. The van der Waals surface area contributed by atoms with Gasteiger partial charge in [-0.3, -0.25) is 6.08 Å². The Morgan fingerprint density at radius 2 is 1.78 bits per heavy atom. The standard InChI is InChI=1S/C5H5.3CH3.Ti.H/c1-2-4-5-3-1;;;;;/h1-3H,4H2;3*1H3;;/q4*-1;+4;-1. The van der Waals surface area contributed by atoms with Crippen LogP contribution < -0.4 is 0 Å². The molecule has 0 N–H and O–H groups in total. The Balaban J connectivity index is -0.0000000167. The van der Waals surface area contributed by atoms with Crippen LogP contribution in [0.15, 0.2) is 18.2 Å². The zero-order valence-corrected chi connectivity index (χ0v) is 8.00. The van der Waals surface area contributed by atoms with Crippen LogP contribution in [0.25, 0.3) is 0 Å². The Bertz CT molecular complexity index is 67.3. The van der Waals surface area contributed by atoms with Crippen molar-refractivity contribution in [2.75, 3.05) is 0 Å². The summed E-state index contributed by atoms with van der Waals surface area (Å²) in [6.07, 6.45) is 10.0. The Morgan fingerprint density at radius 3 is 1.89 bits per heavy atom. The number of allylic oxidation sites excluding steroid dienone is 4. The van der Waals surface area contributed by atoms with E-state index >= 15 is 0 Å². The first-order valence-electron chi connectivity index (χ1n) is 1.72. The van der Waals surface area contributed by atoms with Crippen molar-refractivity contribution in [2.24, 2.45) is 0 Å². The molecule has 0 aliphatic heterocycles. The largest absolute Gasteiger partial charge is 4.00 e. The Labute approximate surface area is 76.4 Å². The zero-order chi connectivity index (χ0) is 3.54. The first-order chi connectivity index (χ1) is 2.50. The second kappa shape index (κ2) is 15.7. The van der Waals surface area contributed by atoms with Crippen molar-refractivity contribution in [3.8, 4) is 0 Å². The van der Waals surface area contributed by atoms with E-state index in [0.29, 0.717) is 0 Å². The summed E-state index contributed by atoms with van der Waals surface area (Å²) in [5.41, 5.74) is 0. The normalized spacial score (nSPS) is 9.78. The van der Waals surface area contributed by atoms with Crippen LogP contribution in [0.3, 0.4) is 0 Å². The van der Waals surface area contributed by atoms with E-state index in [4.69, 9.17) is 0 Å². The zero-order valence-electron chi connectivity index (χ0n) is 7.44. The number of hydrogen-bond donors (Lipinski definition) is 0. The van der Waals surface area contributed by atoms with Crippen molar-refractivity contribution in [1.82, 2.24) is 0 Å². The predicted octanol–water partition coefficient (Wildman–Crippen LogP) is 2.77. The van der Waals surface area contributed by atoms with E-state index in [-0.39, 0.29) is 45.4 Å². The van der Waals surface area contributed by atoms with Crippen molar-refractivity contribution in [2.45, 2.75) is 6.42 Å². The molecule has 0 heterocycles. The van der Waals surface area contributed by atoms with E-state index in [0.717, 1.165) is 6.42 Å². The average Bonchev–Trinajstić information content (AvgIpc) is 1.76. The molecule has 0 amide bonds. The van der Waals surface area contributed by atoms with Crippen LogP contribution in [-0.2, 0) is 21.7 Å². The summed E-state index contributed by atoms with van der Waals surface area (Å²) in [4.78, 5) is 0. The molecule has 0 radical (unpaired) electrons. The molecule has 52 valence electrons. The summed E-state index contributed by atoms with van der Waals surface area (Å²) >= 11 is 0. The SMILES string of the molecule is [C-]1=CC=CC1.[CH3-].[CH3-].[CH3-].[H-].[Ti+4]. The molecule has 1 heteroatoms. The van der Waals surface area contributed by atoms with Gasteiger partial charge in [0.05, 0.1) is 0 Å². The van der Waals surface area contributed by atoms with Crippen LogP contribution >= 0.6 is 0 Å². The Kier molecular flexibility index (Phi) is 40.0. The summed E-state index contributed by atoms with van der Waals surface area (Å²) in [7, 11) is 0. The molecule has 0 saturated heterocycles. The van der Waals surface area contributed by atoms with Gasteiger partial charge in [0.25, 0.3) is 0 Å². The van der Waals surface area contributed by atoms with Crippen LogP contribution in [0.4, 0.5) is 0 Å². The minimum atomic E-state index is 0. The molecule has 1 rings (SSSR count). The molecule has 0 aromatic heterocycles. The van der Waals surface area contributed by atoms with Gasteiger partial charge in [-0.15, -0.1) is 6.42 Å². The van der Waals surface area contributed by atoms with Crippen LogP contribution in [0, 0.1) is 28.4 Å². The van der Waals surface area contributed by atoms with Gasteiger partial charge in [-0.25, -0.2) is 12.2 Å². The molecular formula is C8H15Ti-. The van der Waals surface area contributed by atoms with E-state index < -0.39 is 0 Å². The molecule has 0 aromatic rings. The maximum absolute atomic E-state index is 2.99. The molecule has 0 aromatic carbocycles. The van der Waals surface area contributed by atoms with Gasteiger partial charge >= 0.3 is 21.7 Å². The van der Waals surface area contributed by atoms with E-state index in [1.807, 2.05) is 12.2 Å². The molecule has 0 saturated carbocycles. The van der Waals surface area contributed by atoms with Gasteiger partial charge in [-0.2, -0.15) is 6.08 Å². The van der Waals surface area contributed by atoms with E-state index in [1.165, 1.54) is 0 Å². The third-order valence-corrected chi connectivity index (χ3v) is 0.586. The van der Waals surface area contributed by atoms with E-state index in [2.05, 4.69) is 12.2 Å². The summed E-state index contributed by atoms with van der Waals surface area (Å²) in [6, 6.07) is 0. The van der Waals surface area contributed by atoms with Crippen molar-refractivity contribution in [3.05, 3.63) is 46.6 Å². The van der Waals surface area contributed by atoms with Crippen LogP contribution in [0.2, 0.25) is 0 Å². The fraction of sp³-hybridized carbons (Fsp3) is 0.125. The van der Waals surface area contributed by atoms with Gasteiger partial charge in [0.1, 0.15) is 0 Å². The van der Waals surface area contributed by atoms with E-state index in [1.54, 1.807) is 0 Å². The van der Waals surface area contributed by atoms with Gasteiger partial charge in [0.15, 0.2) is 0 Å². The maximum atomic E-state index is 2.99. The molecule has 0 spiro atoms. The molecule has 1 aliphatic carbocycles. The van der Waals surface area contributed by atoms with Crippen molar-refractivity contribution in [3.63, 3.8) is 0 Å². The first kappa shape index (κ1) is 22.9. The Hall–Kier alpha value is 0.194. The third-order valence-electron chi connectivity index (χ3n) is 0.586. The quantitative estimate of drug-likeness (QED) is 0.376. The van der Waals surface area contributed by atoms with Gasteiger partial charge in [-0.1, -0.05) is 0 Å². The summed E-state index contributed by atoms with van der Waals surface area (Å²) in [5.74, 6) is 0. The number of hydrogen-bond acceptors (Lipinski definition) is 0. The summed E-state index contributed by atoms with van der Waals surface area (Å²) in [5, 5.41) is 0. The molecule has 0 fully saturated rings. The predicted molar refractivity (Wildman–Crippen MR) is 41.9 cm³/mol. The van der Waals surface area contributed by atoms with Crippen molar-refractivity contribution >= 4 is 0 Å². The molecule has 0 unspecified atom stereocenters. The van der Waals surface area contributed by atoms with Crippen LogP contribution in [-0.4, -0.2) is 0 Å². The van der Waals surface area contributed by atoms with Gasteiger partial charge < -0.3 is 23.7 Å². The van der Waals surface area contributed by atoms with Crippen molar-refractivity contribution < 1.29 is 23.1 Å². The smallest absolute Gasteiger partial charge is 1.00 e. The minimum Gasteiger partial charge on any atom is -1.00 e. The Morgan fingerprint density at radius 1 is 1.22 bits per heavy atom. The molecule has 9 heavy (non-hydrogen) atoms. The maximum Gasteiger partial charge on any atom is 4.00 e. The second-order valence-corrected chi connectivity index (χ2v) is 1.00. The summed E-state index contributed by atoms with van der Waals surface area (Å²) < 4.78 is 0.